The van der Waals surface area contributed by atoms with Gasteiger partial charge < -0.3 is 4.74 Å². The summed E-state index contributed by atoms with van der Waals surface area (Å²) in [7, 11) is 0. The van der Waals surface area contributed by atoms with Crippen LogP contribution in [-0.2, 0) is 9.53 Å². The van der Waals surface area contributed by atoms with E-state index >= 15 is 0 Å². The number of carbonyl (C=O) groups excluding carboxylic acids is 1. The fourth-order valence-electron chi connectivity index (χ4n) is 1.47. The number of hydrogen-bond acceptors (Lipinski definition) is 3. The molecule has 0 aromatic heterocycles. The first-order chi connectivity index (χ1) is 7.24. The topological polar surface area (TPSA) is 26.3 Å². The van der Waals surface area contributed by atoms with Crippen molar-refractivity contribution in [3.8, 4) is 0 Å². The molecule has 0 N–H and O–H groups in total. The van der Waals surface area contributed by atoms with Crippen molar-refractivity contribution in [2.45, 2.75) is 6.10 Å². The van der Waals surface area contributed by atoms with Gasteiger partial charge in [0.15, 0.2) is 6.10 Å². The van der Waals surface area contributed by atoms with Crippen LogP contribution in [0.1, 0.15) is 11.7 Å². The second kappa shape index (κ2) is 4.29. The molecule has 15 heavy (non-hydrogen) atoms. The molecular formula is C11H9ClO2S. The van der Waals surface area contributed by atoms with E-state index < -0.39 is 5.97 Å². The lowest BCUT2D eigenvalue weighted by Gasteiger charge is -2.12. The van der Waals surface area contributed by atoms with Gasteiger partial charge in [0.05, 0.1) is 4.91 Å². The van der Waals surface area contributed by atoms with Gasteiger partial charge in [0.25, 0.3) is 0 Å². The minimum atomic E-state index is -0.435. The maximum absolute atomic E-state index is 11.3. The zero-order valence-corrected chi connectivity index (χ0v) is 9.64. The van der Waals surface area contributed by atoms with Gasteiger partial charge in [-0.05, 0) is 11.8 Å². The van der Waals surface area contributed by atoms with Crippen molar-refractivity contribution in [1.29, 1.82) is 0 Å². The molecule has 1 aromatic carbocycles. The van der Waals surface area contributed by atoms with Crippen LogP contribution >= 0.6 is 23.4 Å². The molecule has 1 aromatic rings. The highest BCUT2D eigenvalue weighted by Crippen LogP contribution is 2.41. The molecule has 1 atom stereocenters. The summed E-state index contributed by atoms with van der Waals surface area (Å²) in [6, 6.07) is 9.58. The van der Waals surface area contributed by atoms with E-state index in [4.69, 9.17) is 16.3 Å². The van der Waals surface area contributed by atoms with Crippen LogP contribution in [0.4, 0.5) is 0 Å². The van der Waals surface area contributed by atoms with E-state index in [1.807, 2.05) is 36.6 Å². The van der Waals surface area contributed by atoms with Gasteiger partial charge in [0.1, 0.15) is 5.03 Å². The summed E-state index contributed by atoms with van der Waals surface area (Å²) in [4.78, 5) is 12.1. The standard InChI is InChI=1S/C11H9ClO2S/c1-15-10-8(12)11(13)14-9(10)7-5-3-2-4-6-7/h2-6,9H,1H3. The molecule has 0 amide bonds. The van der Waals surface area contributed by atoms with Gasteiger partial charge in [-0.2, -0.15) is 0 Å². The maximum Gasteiger partial charge on any atom is 0.351 e. The predicted molar refractivity (Wildman–Crippen MR) is 61.7 cm³/mol. The summed E-state index contributed by atoms with van der Waals surface area (Å²) in [5.41, 5.74) is 0.950. The lowest BCUT2D eigenvalue weighted by atomic mass is 10.1. The van der Waals surface area contributed by atoms with E-state index in [0.29, 0.717) is 0 Å². The first kappa shape index (κ1) is 10.6. The Morgan fingerprint density at radius 1 is 1.33 bits per heavy atom. The lowest BCUT2D eigenvalue weighted by Crippen LogP contribution is -2.01. The Balaban J connectivity index is 2.37. The molecule has 0 saturated carbocycles. The number of rotatable bonds is 2. The zero-order valence-electron chi connectivity index (χ0n) is 8.07. The Bertz CT molecular complexity index is 414. The third-order valence-corrected chi connectivity index (χ3v) is 3.51. The monoisotopic (exact) mass is 240 g/mol. The van der Waals surface area contributed by atoms with Crippen LogP contribution in [-0.4, -0.2) is 12.2 Å². The Labute approximate surface area is 97.3 Å². The van der Waals surface area contributed by atoms with Crippen molar-refractivity contribution in [2.24, 2.45) is 0 Å². The largest absolute Gasteiger partial charge is 0.448 e. The Morgan fingerprint density at radius 2 is 2.00 bits per heavy atom. The minimum Gasteiger partial charge on any atom is -0.448 e. The van der Waals surface area contributed by atoms with Crippen molar-refractivity contribution in [1.82, 2.24) is 0 Å². The van der Waals surface area contributed by atoms with Crippen LogP contribution in [0.25, 0.3) is 0 Å². The third-order valence-electron chi connectivity index (χ3n) is 2.18. The second-order valence-corrected chi connectivity index (χ2v) is 4.30. The molecule has 1 unspecified atom stereocenters. The molecule has 0 saturated heterocycles. The van der Waals surface area contributed by atoms with E-state index in [1.165, 1.54) is 11.8 Å². The maximum atomic E-state index is 11.3. The first-order valence-corrected chi connectivity index (χ1v) is 6.04. The quantitative estimate of drug-likeness (QED) is 0.743. The van der Waals surface area contributed by atoms with E-state index in [2.05, 4.69) is 0 Å². The van der Waals surface area contributed by atoms with E-state index in [9.17, 15) is 4.79 Å². The summed E-state index contributed by atoms with van der Waals surface area (Å²) in [6.07, 6.45) is 1.55. The van der Waals surface area contributed by atoms with Crippen LogP contribution in [0.2, 0.25) is 0 Å². The third kappa shape index (κ3) is 1.90. The average Bonchev–Trinajstić information content (AvgIpc) is 2.56. The molecule has 2 rings (SSSR count). The number of hydrogen-bond donors (Lipinski definition) is 0. The number of esters is 1. The molecule has 1 aliphatic rings. The Morgan fingerprint density at radius 3 is 2.60 bits per heavy atom. The molecule has 0 bridgehead atoms. The first-order valence-electron chi connectivity index (χ1n) is 4.43. The van der Waals surface area contributed by atoms with Crippen LogP contribution in [0.5, 0.6) is 0 Å². The smallest absolute Gasteiger partial charge is 0.351 e. The van der Waals surface area contributed by atoms with E-state index in [-0.39, 0.29) is 11.1 Å². The Kier molecular flexibility index (Phi) is 3.03. The highest BCUT2D eigenvalue weighted by Gasteiger charge is 2.33. The van der Waals surface area contributed by atoms with E-state index in [0.717, 1.165) is 10.5 Å². The number of cyclic esters (lactones) is 1. The zero-order chi connectivity index (χ0) is 10.8. The van der Waals surface area contributed by atoms with Gasteiger partial charge in [0.2, 0.25) is 0 Å². The van der Waals surface area contributed by atoms with Crippen molar-refractivity contribution >= 4 is 29.3 Å². The lowest BCUT2D eigenvalue weighted by molar-refractivity contribution is -0.139. The second-order valence-electron chi connectivity index (χ2n) is 3.08. The number of ether oxygens (including phenoxy) is 1. The van der Waals surface area contributed by atoms with Crippen molar-refractivity contribution in [3.63, 3.8) is 0 Å². The summed E-state index contributed by atoms with van der Waals surface area (Å²) in [5, 5.41) is 0.205. The van der Waals surface area contributed by atoms with Crippen molar-refractivity contribution in [2.75, 3.05) is 6.26 Å². The molecule has 1 heterocycles. The highest BCUT2D eigenvalue weighted by molar-refractivity contribution is 8.02. The summed E-state index contributed by atoms with van der Waals surface area (Å²) < 4.78 is 5.20. The predicted octanol–water partition coefficient (Wildman–Crippen LogP) is 3.10. The number of benzene rings is 1. The van der Waals surface area contributed by atoms with Crippen molar-refractivity contribution < 1.29 is 9.53 Å². The molecule has 4 heteroatoms. The molecule has 2 nitrogen and oxygen atoms in total. The molecule has 0 aliphatic carbocycles. The van der Waals surface area contributed by atoms with Gasteiger partial charge >= 0.3 is 5.97 Å². The number of thioether (sulfide) groups is 1. The van der Waals surface area contributed by atoms with Crippen LogP contribution in [0, 0.1) is 0 Å². The van der Waals surface area contributed by atoms with Crippen LogP contribution in [0.3, 0.4) is 0 Å². The SMILES string of the molecule is CSC1=C(Cl)C(=O)OC1c1ccccc1. The molecule has 0 fully saturated rings. The van der Waals surface area contributed by atoms with Gasteiger partial charge in [-0.1, -0.05) is 41.9 Å². The van der Waals surface area contributed by atoms with Crippen molar-refractivity contribution in [3.05, 3.63) is 45.8 Å². The molecule has 0 radical (unpaired) electrons. The molecule has 0 spiro atoms. The molecule has 1 aliphatic heterocycles. The van der Waals surface area contributed by atoms with Gasteiger partial charge in [-0.3, -0.25) is 0 Å². The summed E-state index contributed by atoms with van der Waals surface area (Å²) in [6.45, 7) is 0. The minimum absolute atomic E-state index is 0.205. The fourth-order valence-corrected chi connectivity index (χ4v) is 2.51. The number of carbonyl (C=O) groups is 1. The normalized spacial score (nSPS) is 20.7. The van der Waals surface area contributed by atoms with E-state index in [1.54, 1.807) is 0 Å². The summed E-state index contributed by atoms with van der Waals surface area (Å²) >= 11 is 7.31. The number of halogens is 1. The highest BCUT2D eigenvalue weighted by atomic mass is 35.5. The van der Waals surface area contributed by atoms with Gasteiger partial charge in [-0.25, -0.2) is 4.79 Å². The van der Waals surface area contributed by atoms with Gasteiger partial charge in [0, 0.05) is 0 Å². The fraction of sp³-hybridized carbons (Fsp3) is 0.182. The molecule has 78 valence electrons. The van der Waals surface area contributed by atoms with Gasteiger partial charge in [-0.15, -0.1) is 11.8 Å². The molecular weight excluding hydrogens is 232 g/mol. The Hall–Kier alpha value is -0.930. The van der Waals surface area contributed by atoms with Crippen LogP contribution < -0.4 is 0 Å². The van der Waals surface area contributed by atoms with Crippen LogP contribution in [0.15, 0.2) is 40.3 Å². The summed E-state index contributed by atoms with van der Waals surface area (Å²) in [5.74, 6) is -0.435. The average molecular weight is 241 g/mol.